The molecule has 0 aromatic heterocycles. The second-order valence-corrected chi connectivity index (χ2v) is 8.87. The Morgan fingerprint density at radius 2 is 1.85 bits per heavy atom. The molecule has 1 fully saturated rings. The molecule has 1 aromatic carbocycles. The summed E-state index contributed by atoms with van der Waals surface area (Å²) in [4.78, 5) is 26.6. The van der Waals surface area contributed by atoms with E-state index in [4.69, 9.17) is 11.6 Å². The van der Waals surface area contributed by atoms with Gasteiger partial charge in [-0.1, -0.05) is 18.5 Å². The first kappa shape index (κ1) is 21.7. The number of carbonyl (C=O) groups excluding carboxylic acids is 2. The summed E-state index contributed by atoms with van der Waals surface area (Å²) in [5, 5.41) is 6.64. The molecule has 1 aliphatic rings. The monoisotopic (exact) mass is 393 g/mol. The van der Waals surface area contributed by atoms with Crippen molar-refractivity contribution in [1.82, 2.24) is 15.5 Å². The molecule has 1 aliphatic heterocycles. The Morgan fingerprint density at radius 3 is 2.44 bits per heavy atom. The third kappa shape index (κ3) is 7.51. The van der Waals surface area contributed by atoms with Crippen molar-refractivity contribution >= 4 is 23.4 Å². The minimum Gasteiger partial charge on any atom is -0.352 e. The molecule has 2 rings (SSSR count). The van der Waals surface area contributed by atoms with Crippen molar-refractivity contribution in [2.24, 2.45) is 5.92 Å². The van der Waals surface area contributed by atoms with Gasteiger partial charge in [-0.25, -0.2) is 0 Å². The number of halogens is 1. The second kappa shape index (κ2) is 9.56. The number of nitrogens with one attached hydrogen (secondary N) is 2. The maximum Gasteiger partial charge on any atom is 0.251 e. The smallest absolute Gasteiger partial charge is 0.251 e. The van der Waals surface area contributed by atoms with Crippen LogP contribution in [-0.2, 0) is 11.2 Å². The van der Waals surface area contributed by atoms with E-state index in [0.29, 0.717) is 29.6 Å². The number of piperidine rings is 1. The van der Waals surface area contributed by atoms with Gasteiger partial charge in [0.25, 0.3) is 5.91 Å². The largest absolute Gasteiger partial charge is 0.352 e. The van der Waals surface area contributed by atoms with Crippen molar-refractivity contribution in [2.45, 2.75) is 52.5 Å². The lowest BCUT2D eigenvalue weighted by atomic mass is 9.96. The van der Waals surface area contributed by atoms with Gasteiger partial charge in [0.05, 0.1) is 6.54 Å². The quantitative estimate of drug-likeness (QED) is 0.779. The number of nitrogens with zero attached hydrogens (tertiary/aromatic N) is 1. The summed E-state index contributed by atoms with van der Waals surface area (Å²) in [6.07, 6.45) is 2.82. The number of rotatable bonds is 6. The van der Waals surface area contributed by atoms with Crippen LogP contribution in [0.4, 0.5) is 0 Å². The van der Waals surface area contributed by atoms with Gasteiger partial charge in [-0.3, -0.25) is 14.5 Å². The fraction of sp³-hybridized carbons (Fsp3) is 0.619. The highest BCUT2D eigenvalue weighted by molar-refractivity contribution is 6.31. The Kier molecular flexibility index (Phi) is 7.68. The molecule has 2 amide bonds. The molecular weight excluding hydrogens is 362 g/mol. The van der Waals surface area contributed by atoms with Crippen molar-refractivity contribution in [3.8, 4) is 0 Å². The average molecular weight is 394 g/mol. The van der Waals surface area contributed by atoms with Gasteiger partial charge in [-0.2, -0.15) is 0 Å². The van der Waals surface area contributed by atoms with Crippen LogP contribution in [-0.4, -0.2) is 48.4 Å². The van der Waals surface area contributed by atoms with Gasteiger partial charge in [0, 0.05) is 22.7 Å². The number of hydrogen-bond acceptors (Lipinski definition) is 3. The highest BCUT2D eigenvalue weighted by Gasteiger charge is 2.23. The van der Waals surface area contributed by atoms with Crippen LogP contribution in [0, 0.1) is 5.92 Å². The molecule has 27 heavy (non-hydrogen) atoms. The van der Waals surface area contributed by atoms with E-state index in [2.05, 4.69) is 15.5 Å². The summed E-state index contributed by atoms with van der Waals surface area (Å²) in [7, 11) is 0. The maximum atomic E-state index is 12.4. The second-order valence-electron chi connectivity index (χ2n) is 8.43. The van der Waals surface area contributed by atoms with E-state index in [9.17, 15) is 9.59 Å². The molecule has 1 aromatic rings. The highest BCUT2D eigenvalue weighted by Crippen LogP contribution is 2.18. The summed E-state index contributed by atoms with van der Waals surface area (Å²) >= 11 is 6.10. The maximum absolute atomic E-state index is 12.4. The zero-order valence-corrected chi connectivity index (χ0v) is 17.7. The fourth-order valence-corrected chi connectivity index (χ4v) is 3.59. The summed E-state index contributed by atoms with van der Waals surface area (Å²) in [5.74, 6) is 0.446. The molecule has 0 atom stereocenters. The van der Waals surface area contributed by atoms with Crippen LogP contribution in [0.2, 0.25) is 5.02 Å². The van der Waals surface area contributed by atoms with Crippen molar-refractivity contribution < 1.29 is 9.59 Å². The van der Waals surface area contributed by atoms with Gasteiger partial charge in [-0.15, -0.1) is 0 Å². The van der Waals surface area contributed by atoms with Crippen molar-refractivity contribution in [1.29, 1.82) is 0 Å². The molecular formula is C21H32ClN3O2. The van der Waals surface area contributed by atoms with E-state index in [1.54, 1.807) is 6.07 Å². The van der Waals surface area contributed by atoms with E-state index < -0.39 is 0 Å². The molecule has 0 radical (unpaired) electrons. The predicted octanol–water partition coefficient (Wildman–Crippen LogP) is 3.26. The molecule has 150 valence electrons. The number of aryl methyl sites for hydroxylation is 1. The molecule has 0 saturated carbocycles. The van der Waals surface area contributed by atoms with Gasteiger partial charge >= 0.3 is 0 Å². The first-order valence-electron chi connectivity index (χ1n) is 9.77. The molecule has 1 heterocycles. The van der Waals surface area contributed by atoms with Gasteiger partial charge in [0.15, 0.2) is 0 Å². The Morgan fingerprint density at radius 1 is 1.19 bits per heavy atom. The lowest BCUT2D eigenvalue weighted by Crippen LogP contribution is -2.48. The Hall–Kier alpha value is -1.59. The fourth-order valence-electron chi connectivity index (χ4n) is 3.33. The summed E-state index contributed by atoms with van der Waals surface area (Å²) in [6, 6.07) is 5.51. The molecule has 6 heteroatoms. The number of amides is 2. The third-order valence-electron chi connectivity index (χ3n) is 4.77. The lowest BCUT2D eigenvalue weighted by Gasteiger charge is -2.32. The normalized spacial score (nSPS) is 16.2. The van der Waals surface area contributed by atoms with Crippen molar-refractivity contribution in [2.75, 3.05) is 26.2 Å². The van der Waals surface area contributed by atoms with Crippen LogP contribution >= 0.6 is 11.6 Å². The van der Waals surface area contributed by atoms with Crippen LogP contribution in [0.5, 0.6) is 0 Å². The first-order valence-corrected chi connectivity index (χ1v) is 10.1. The molecule has 0 bridgehead atoms. The van der Waals surface area contributed by atoms with Crippen LogP contribution in [0.15, 0.2) is 18.2 Å². The van der Waals surface area contributed by atoms with Gasteiger partial charge < -0.3 is 10.6 Å². The first-order chi connectivity index (χ1) is 12.7. The third-order valence-corrected chi connectivity index (χ3v) is 4.99. The highest BCUT2D eigenvalue weighted by atomic mass is 35.5. The number of carbonyl (C=O) groups is 2. The Balaban J connectivity index is 1.75. The van der Waals surface area contributed by atoms with E-state index in [0.717, 1.165) is 37.9 Å². The van der Waals surface area contributed by atoms with Crippen molar-refractivity contribution in [3.05, 3.63) is 34.3 Å². The average Bonchev–Trinajstić information content (AvgIpc) is 2.58. The van der Waals surface area contributed by atoms with Crippen LogP contribution in [0.3, 0.4) is 0 Å². The zero-order chi connectivity index (χ0) is 20.0. The van der Waals surface area contributed by atoms with E-state index in [1.165, 1.54) is 0 Å². The van der Waals surface area contributed by atoms with Crippen LogP contribution in [0.25, 0.3) is 0 Å². The van der Waals surface area contributed by atoms with Crippen LogP contribution < -0.4 is 10.6 Å². The summed E-state index contributed by atoms with van der Waals surface area (Å²) < 4.78 is 0. The van der Waals surface area contributed by atoms with E-state index in [-0.39, 0.29) is 17.4 Å². The minimum atomic E-state index is -0.197. The number of hydrogen-bond donors (Lipinski definition) is 2. The Bertz CT molecular complexity index is 662. The molecule has 5 nitrogen and oxygen atoms in total. The molecule has 2 N–H and O–H groups in total. The molecule has 0 aliphatic carbocycles. The minimum absolute atomic E-state index is 0.0702. The zero-order valence-electron chi connectivity index (χ0n) is 16.9. The van der Waals surface area contributed by atoms with Crippen molar-refractivity contribution in [3.63, 3.8) is 0 Å². The summed E-state index contributed by atoms with van der Waals surface area (Å²) in [6.45, 7) is 10.9. The molecule has 0 spiro atoms. The number of benzene rings is 1. The van der Waals surface area contributed by atoms with Gasteiger partial charge in [-0.05, 0) is 82.8 Å². The standard InChI is InChI=1S/C21H32ClN3O2/c1-5-15-10-17(12-18(22)11-15)20(27)23-13-16-6-8-25(9-7-16)14-19(26)24-21(2,3)4/h10-12,16H,5-9,13-14H2,1-4H3,(H,23,27)(H,24,26). The topological polar surface area (TPSA) is 61.4 Å². The van der Waals surface area contributed by atoms with E-state index in [1.807, 2.05) is 39.8 Å². The van der Waals surface area contributed by atoms with Gasteiger partial charge in [0.2, 0.25) is 5.91 Å². The van der Waals surface area contributed by atoms with E-state index >= 15 is 0 Å². The molecule has 1 saturated heterocycles. The SMILES string of the molecule is CCc1cc(Cl)cc(C(=O)NCC2CCN(CC(=O)NC(C)(C)C)CC2)c1. The lowest BCUT2D eigenvalue weighted by molar-refractivity contribution is -0.124. The number of likely N-dealkylation sites (tertiary alicyclic amines) is 1. The van der Waals surface area contributed by atoms with Gasteiger partial charge in [0.1, 0.15) is 0 Å². The van der Waals surface area contributed by atoms with Crippen LogP contribution in [0.1, 0.15) is 56.5 Å². The predicted molar refractivity (Wildman–Crippen MR) is 110 cm³/mol. The summed E-state index contributed by atoms with van der Waals surface area (Å²) in [5.41, 5.74) is 1.49. The molecule has 0 unspecified atom stereocenters. The Labute approximate surface area is 167 Å².